The molecule has 2 heterocycles. The average Bonchev–Trinajstić information content (AvgIpc) is 3.42. The molecule has 1 spiro atoms. The van der Waals surface area contributed by atoms with Crippen molar-refractivity contribution in [2.75, 3.05) is 0 Å². The van der Waals surface area contributed by atoms with Gasteiger partial charge in [0.15, 0.2) is 0 Å². The number of carbonyl (C=O) groups is 4. The molecule has 0 N–H and O–H groups in total. The molecule has 2 aliphatic heterocycles. The summed E-state index contributed by atoms with van der Waals surface area (Å²) in [5.74, 6) is -4.42. The van der Waals surface area contributed by atoms with Gasteiger partial charge in [0.1, 0.15) is 0 Å². The molecular weight excluding hydrogens is 534 g/mol. The Bertz CT molecular complexity index is 1380. The van der Waals surface area contributed by atoms with Crippen LogP contribution in [0.2, 0.25) is 5.02 Å². The first kappa shape index (κ1) is 22.3. The number of benzene rings is 3. The summed E-state index contributed by atoms with van der Waals surface area (Å²) < 4.78 is 7.09. The number of ketones is 2. The van der Waals surface area contributed by atoms with Gasteiger partial charge in [-0.3, -0.25) is 24.1 Å². The van der Waals surface area contributed by atoms with Gasteiger partial charge in [-0.1, -0.05) is 76.1 Å². The third kappa shape index (κ3) is 3.12. The van der Waals surface area contributed by atoms with Crippen molar-refractivity contribution in [1.82, 2.24) is 4.90 Å². The topological polar surface area (TPSA) is 80.8 Å². The molecule has 3 aliphatic rings. The van der Waals surface area contributed by atoms with Gasteiger partial charge >= 0.3 is 0 Å². The van der Waals surface area contributed by atoms with Crippen LogP contribution in [-0.4, -0.2) is 33.9 Å². The van der Waals surface area contributed by atoms with Gasteiger partial charge in [-0.15, -0.1) is 0 Å². The Labute approximate surface area is 214 Å². The summed E-state index contributed by atoms with van der Waals surface area (Å²) in [6.07, 6.45) is -0.929. The van der Waals surface area contributed by atoms with E-state index in [2.05, 4.69) is 15.9 Å². The van der Waals surface area contributed by atoms with Gasteiger partial charge in [0.25, 0.3) is 0 Å². The van der Waals surface area contributed by atoms with Crippen LogP contribution in [0.25, 0.3) is 0 Å². The number of Topliss-reactive ketones (excluding diaryl/α,β-unsaturated/α-hetero) is 2. The zero-order valence-corrected chi connectivity index (χ0v) is 20.5. The molecule has 6 nitrogen and oxygen atoms in total. The lowest BCUT2D eigenvalue weighted by atomic mass is 9.77. The van der Waals surface area contributed by atoms with E-state index in [0.717, 1.165) is 9.37 Å². The minimum atomic E-state index is -2.06. The molecule has 3 aromatic carbocycles. The molecule has 0 unspecified atom stereocenters. The van der Waals surface area contributed by atoms with Gasteiger partial charge in [0.05, 0.1) is 24.5 Å². The highest BCUT2D eigenvalue weighted by Gasteiger charge is 2.74. The lowest BCUT2D eigenvalue weighted by Gasteiger charge is -2.27. The minimum Gasteiger partial charge on any atom is -0.349 e. The molecule has 6 rings (SSSR count). The summed E-state index contributed by atoms with van der Waals surface area (Å²) in [4.78, 5) is 56.1. The maximum atomic E-state index is 13.8. The number of rotatable bonds is 3. The number of halogens is 2. The van der Waals surface area contributed by atoms with E-state index in [0.29, 0.717) is 16.1 Å². The van der Waals surface area contributed by atoms with Gasteiger partial charge in [0.2, 0.25) is 29.0 Å². The highest BCUT2D eigenvalue weighted by molar-refractivity contribution is 9.10. The van der Waals surface area contributed by atoms with Crippen LogP contribution in [0, 0.1) is 11.8 Å². The molecule has 3 atom stereocenters. The quantitative estimate of drug-likeness (QED) is 0.346. The zero-order valence-electron chi connectivity index (χ0n) is 18.1. The van der Waals surface area contributed by atoms with Crippen molar-refractivity contribution < 1.29 is 23.9 Å². The number of ether oxygens (including phenoxy) is 1. The largest absolute Gasteiger partial charge is 0.349 e. The first-order valence-electron chi connectivity index (χ1n) is 11.0. The highest BCUT2D eigenvalue weighted by atomic mass is 79.9. The van der Waals surface area contributed by atoms with Crippen molar-refractivity contribution in [1.29, 1.82) is 0 Å². The van der Waals surface area contributed by atoms with Crippen LogP contribution in [0.3, 0.4) is 0 Å². The van der Waals surface area contributed by atoms with Gasteiger partial charge in [-0.25, -0.2) is 0 Å². The van der Waals surface area contributed by atoms with E-state index in [1.165, 1.54) is 0 Å². The van der Waals surface area contributed by atoms with Gasteiger partial charge in [-0.05, 0) is 35.4 Å². The summed E-state index contributed by atoms with van der Waals surface area (Å²) in [5.41, 5.74) is -0.314. The van der Waals surface area contributed by atoms with E-state index in [-0.39, 0.29) is 17.7 Å². The molecule has 0 radical (unpaired) electrons. The van der Waals surface area contributed by atoms with Crippen molar-refractivity contribution >= 4 is 50.9 Å². The van der Waals surface area contributed by atoms with E-state index >= 15 is 0 Å². The minimum absolute atomic E-state index is 0.0142. The molecule has 2 saturated heterocycles. The fourth-order valence-corrected chi connectivity index (χ4v) is 5.85. The van der Waals surface area contributed by atoms with Crippen LogP contribution in [0.5, 0.6) is 0 Å². The molecule has 2 fully saturated rings. The van der Waals surface area contributed by atoms with Crippen LogP contribution in [0.4, 0.5) is 0 Å². The Morgan fingerprint density at radius 2 is 1.43 bits per heavy atom. The van der Waals surface area contributed by atoms with Crippen LogP contribution < -0.4 is 0 Å². The van der Waals surface area contributed by atoms with Crippen molar-refractivity contribution in [3.63, 3.8) is 0 Å². The second-order valence-electron chi connectivity index (χ2n) is 8.92. The zero-order chi connectivity index (χ0) is 24.5. The number of carbonyl (C=O) groups excluding carboxylic acids is 4. The molecule has 35 heavy (non-hydrogen) atoms. The summed E-state index contributed by atoms with van der Waals surface area (Å²) in [6, 6.07) is 20.4. The number of hydrogen-bond donors (Lipinski definition) is 0. The molecule has 8 heteroatoms. The number of fused-ring (bicyclic) bond motifs is 3. The standard InChI is InChI=1S/C27H17BrClNO5/c28-16-9-7-15(8-10-16)22-20-21(26(34)30(25(20)33)13-14-5-11-17(29)12-6-14)27(35-22)23(31)18-3-1-2-4-19(18)24(27)32/h1-12,20-22H,13H2/t20-,21-,22+/m1/s1. The molecule has 3 aromatic rings. The van der Waals surface area contributed by atoms with Crippen molar-refractivity contribution in [3.05, 3.63) is 105 Å². The Balaban J connectivity index is 1.48. The average molecular weight is 551 g/mol. The Morgan fingerprint density at radius 1 is 0.829 bits per heavy atom. The molecular formula is C27H17BrClNO5. The van der Waals surface area contributed by atoms with Gasteiger partial charge in [0, 0.05) is 20.6 Å². The predicted octanol–water partition coefficient (Wildman–Crippen LogP) is 4.79. The molecule has 0 aromatic heterocycles. The van der Waals surface area contributed by atoms with Gasteiger partial charge < -0.3 is 4.74 Å². The summed E-state index contributed by atoms with van der Waals surface area (Å²) in [6.45, 7) is 0.0142. The molecule has 174 valence electrons. The first-order valence-corrected chi connectivity index (χ1v) is 12.2. The Hall–Kier alpha value is -3.13. The third-order valence-electron chi connectivity index (χ3n) is 7.06. The lowest BCUT2D eigenvalue weighted by Crippen LogP contribution is -2.50. The van der Waals surface area contributed by atoms with Crippen molar-refractivity contribution in [3.8, 4) is 0 Å². The maximum absolute atomic E-state index is 13.8. The van der Waals surface area contributed by atoms with Crippen LogP contribution in [0.15, 0.2) is 77.3 Å². The summed E-state index contributed by atoms with van der Waals surface area (Å²) in [5, 5.41) is 0.535. The second-order valence-corrected chi connectivity index (χ2v) is 10.3. The number of imide groups is 1. The monoisotopic (exact) mass is 549 g/mol. The fourth-order valence-electron chi connectivity index (χ4n) is 5.46. The van der Waals surface area contributed by atoms with E-state index in [4.69, 9.17) is 16.3 Å². The van der Waals surface area contributed by atoms with E-state index in [9.17, 15) is 19.2 Å². The normalized spacial score (nSPS) is 24.4. The molecule has 1 aliphatic carbocycles. The van der Waals surface area contributed by atoms with E-state index in [1.807, 2.05) is 0 Å². The maximum Gasteiger partial charge on any atom is 0.237 e. The number of amides is 2. The summed E-state index contributed by atoms with van der Waals surface area (Å²) in [7, 11) is 0. The van der Waals surface area contributed by atoms with E-state index < -0.39 is 46.9 Å². The number of nitrogens with zero attached hydrogens (tertiary/aromatic N) is 1. The van der Waals surface area contributed by atoms with Gasteiger partial charge in [-0.2, -0.15) is 0 Å². The number of likely N-dealkylation sites (tertiary alicyclic amines) is 1. The van der Waals surface area contributed by atoms with Crippen LogP contribution in [0.1, 0.15) is 37.9 Å². The molecule has 0 saturated carbocycles. The van der Waals surface area contributed by atoms with Crippen LogP contribution >= 0.6 is 27.5 Å². The number of hydrogen-bond acceptors (Lipinski definition) is 5. The van der Waals surface area contributed by atoms with E-state index in [1.54, 1.807) is 72.8 Å². The van der Waals surface area contributed by atoms with Crippen molar-refractivity contribution in [2.45, 2.75) is 18.2 Å². The molecule has 0 bridgehead atoms. The van der Waals surface area contributed by atoms with Crippen molar-refractivity contribution in [2.24, 2.45) is 11.8 Å². The SMILES string of the molecule is O=C1[C@H]2[C@H](c3ccc(Br)cc3)OC3(C(=O)c4ccccc4C3=O)[C@H]2C(=O)N1Cc1ccc(Cl)cc1. The predicted molar refractivity (Wildman–Crippen MR) is 130 cm³/mol. The fraction of sp³-hybridized carbons (Fsp3) is 0.185. The highest BCUT2D eigenvalue weighted by Crippen LogP contribution is 2.57. The third-order valence-corrected chi connectivity index (χ3v) is 7.84. The van der Waals surface area contributed by atoms with Crippen LogP contribution in [-0.2, 0) is 20.9 Å². The summed E-state index contributed by atoms with van der Waals surface area (Å²) >= 11 is 9.37. The second kappa shape index (κ2) is 7.95. The Morgan fingerprint density at radius 3 is 2.03 bits per heavy atom. The Kier molecular flexibility index (Phi) is 5.07. The smallest absolute Gasteiger partial charge is 0.237 e. The lowest BCUT2D eigenvalue weighted by molar-refractivity contribution is -0.145. The molecule has 2 amide bonds. The first-order chi connectivity index (χ1) is 16.8.